The Balaban J connectivity index is 2.46. The number of carbonyl (C=O) groups is 2. The van der Waals surface area contributed by atoms with Crippen LogP contribution in [0.2, 0.25) is 0 Å². The number of thiophene rings is 1. The minimum absolute atomic E-state index is 0.00908. The fourth-order valence-electron chi connectivity index (χ4n) is 0.932. The lowest BCUT2D eigenvalue weighted by molar-refractivity contribution is -0.142. The van der Waals surface area contributed by atoms with E-state index in [9.17, 15) is 9.59 Å². The molecule has 0 radical (unpaired) electrons. The zero-order valence-corrected chi connectivity index (χ0v) is 10.4. The second kappa shape index (κ2) is 5.27. The molecule has 2 N–H and O–H groups in total. The molecule has 1 aromatic heterocycles. The number of hydrogen-bond acceptors (Lipinski definition) is 3. The molecule has 1 heterocycles. The van der Waals surface area contributed by atoms with Crippen LogP contribution in [-0.2, 0) is 9.59 Å². The summed E-state index contributed by atoms with van der Waals surface area (Å²) in [4.78, 5) is 21.9. The molecule has 0 aliphatic rings. The van der Waals surface area contributed by atoms with Crippen molar-refractivity contribution in [2.24, 2.45) is 5.92 Å². The van der Waals surface area contributed by atoms with Crippen molar-refractivity contribution < 1.29 is 14.7 Å². The van der Waals surface area contributed by atoms with Crippen LogP contribution < -0.4 is 5.32 Å². The molecule has 6 heteroatoms. The summed E-state index contributed by atoms with van der Waals surface area (Å²) < 4.78 is 0.897. The Hall–Kier alpha value is -0.880. The highest BCUT2D eigenvalue weighted by Gasteiger charge is 2.15. The summed E-state index contributed by atoms with van der Waals surface area (Å²) in [6.45, 7) is 1.51. The molecule has 15 heavy (non-hydrogen) atoms. The zero-order valence-electron chi connectivity index (χ0n) is 7.99. The Bertz CT molecular complexity index is 377. The van der Waals surface area contributed by atoms with E-state index in [0.29, 0.717) is 5.00 Å². The van der Waals surface area contributed by atoms with E-state index in [1.807, 2.05) is 5.38 Å². The van der Waals surface area contributed by atoms with E-state index >= 15 is 0 Å². The monoisotopic (exact) mass is 291 g/mol. The van der Waals surface area contributed by atoms with Crippen LogP contribution in [0.25, 0.3) is 0 Å². The van der Waals surface area contributed by atoms with Gasteiger partial charge in [0.25, 0.3) is 0 Å². The van der Waals surface area contributed by atoms with Crippen LogP contribution in [0.3, 0.4) is 0 Å². The van der Waals surface area contributed by atoms with Crippen LogP contribution in [0.1, 0.15) is 13.3 Å². The molecule has 1 rings (SSSR count). The molecule has 0 bridgehead atoms. The molecule has 0 aliphatic carbocycles. The molecule has 4 nitrogen and oxygen atoms in total. The molecule has 1 unspecified atom stereocenters. The van der Waals surface area contributed by atoms with Gasteiger partial charge in [-0.25, -0.2) is 0 Å². The Morgan fingerprint density at radius 3 is 2.80 bits per heavy atom. The summed E-state index contributed by atoms with van der Waals surface area (Å²) in [6, 6.07) is 1.77. The van der Waals surface area contributed by atoms with Gasteiger partial charge in [0.1, 0.15) is 0 Å². The van der Waals surface area contributed by atoms with E-state index in [1.165, 1.54) is 18.3 Å². The number of carboxylic acid groups (broad SMARTS) is 1. The van der Waals surface area contributed by atoms with Gasteiger partial charge in [-0.1, -0.05) is 6.92 Å². The van der Waals surface area contributed by atoms with Crippen molar-refractivity contribution in [1.29, 1.82) is 0 Å². The van der Waals surface area contributed by atoms with Gasteiger partial charge in [-0.2, -0.15) is 0 Å². The lowest BCUT2D eigenvalue weighted by Gasteiger charge is -2.05. The largest absolute Gasteiger partial charge is 0.481 e. The minimum Gasteiger partial charge on any atom is -0.481 e. The molecular weight excluding hydrogens is 282 g/mol. The number of hydrogen-bond donors (Lipinski definition) is 2. The number of amides is 1. The Morgan fingerprint density at radius 2 is 2.33 bits per heavy atom. The quantitative estimate of drug-likeness (QED) is 0.896. The Kier molecular flexibility index (Phi) is 4.28. The highest BCUT2D eigenvalue weighted by atomic mass is 79.9. The van der Waals surface area contributed by atoms with Crippen molar-refractivity contribution in [3.05, 3.63) is 15.9 Å². The number of aliphatic carboxylic acids is 1. The lowest BCUT2D eigenvalue weighted by Crippen LogP contribution is -2.19. The van der Waals surface area contributed by atoms with E-state index in [-0.39, 0.29) is 12.3 Å². The van der Waals surface area contributed by atoms with Crippen molar-refractivity contribution in [3.8, 4) is 0 Å². The first-order valence-corrected chi connectivity index (χ1v) is 5.93. The number of nitrogens with one attached hydrogen (secondary N) is 1. The summed E-state index contributed by atoms with van der Waals surface area (Å²) in [5, 5.41) is 13.8. The predicted molar refractivity (Wildman–Crippen MR) is 62.1 cm³/mol. The molecule has 1 aromatic rings. The van der Waals surface area contributed by atoms with Crippen LogP contribution in [0.15, 0.2) is 15.9 Å². The topological polar surface area (TPSA) is 66.4 Å². The number of anilines is 1. The molecule has 0 spiro atoms. The zero-order chi connectivity index (χ0) is 11.4. The van der Waals surface area contributed by atoms with Crippen molar-refractivity contribution in [1.82, 2.24) is 0 Å². The third-order valence-corrected chi connectivity index (χ3v) is 3.35. The Morgan fingerprint density at radius 1 is 1.67 bits per heavy atom. The summed E-state index contributed by atoms with van der Waals surface area (Å²) in [7, 11) is 0. The number of halogens is 1. The van der Waals surface area contributed by atoms with E-state index in [4.69, 9.17) is 5.11 Å². The van der Waals surface area contributed by atoms with Gasteiger partial charge in [0, 0.05) is 16.3 Å². The first-order chi connectivity index (χ1) is 6.99. The third-order valence-electron chi connectivity index (χ3n) is 1.74. The maximum atomic E-state index is 11.4. The van der Waals surface area contributed by atoms with Crippen LogP contribution in [-0.4, -0.2) is 17.0 Å². The van der Waals surface area contributed by atoms with E-state index < -0.39 is 11.9 Å². The van der Waals surface area contributed by atoms with Gasteiger partial charge in [0.15, 0.2) is 0 Å². The first kappa shape index (κ1) is 12.2. The van der Waals surface area contributed by atoms with Gasteiger partial charge in [-0.05, 0) is 22.0 Å². The highest BCUT2D eigenvalue weighted by molar-refractivity contribution is 9.10. The maximum Gasteiger partial charge on any atom is 0.306 e. The van der Waals surface area contributed by atoms with Crippen LogP contribution >= 0.6 is 27.3 Å². The lowest BCUT2D eigenvalue weighted by atomic mass is 10.1. The third kappa shape index (κ3) is 4.01. The number of carboxylic acids is 1. The Labute approximate surface area is 99.4 Å². The van der Waals surface area contributed by atoms with Crippen LogP contribution in [0.5, 0.6) is 0 Å². The molecule has 0 saturated heterocycles. The summed E-state index contributed by atoms with van der Waals surface area (Å²) in [6.07, 6.45) is -0.00908. The average molecular weight is 292 g/mol. The normalized spacial score (nSPS) is 12.1. The summed E-state index contributed by atoms with van der Waals surface area (Å²) >= 11 is 4.65. The summed E-state index contributed by atoms with van der Waals surface area (Å²) in [5.74, 6) is -1.90. The van der Waals surface area contributed by atoms with Gasteiger partial charge in [0.2, 0.25) is 5.91 Å². The molecule has 82 valence electrons. The van der Waals surface area contributed by atoms with Crippen LogP contribution in [0, 0.1) is 5.92 Å². The highest BCUT2D eigenvalue weighted by Crippen LogP contribution is 2.24. The second-order valence-electron chi connectivity index (χ2n) is 3.12. The second-order valence-corrected chi connectivity index (χ2v) is 4.95. The predicted octanol–water partition coefficient (Wildman–Crippen LogP) is 2.56. The van der Waals surface area contributed by atoms with Gasteiger partial charge < -0.3 is 10.4 Å². The smallest absolute Gasteiger partial charge is 0.306 e. The SMILES string of the molecule is CC(CC(=O)Nc1cc(Br)cs1)C(=O)O. The minimum atomic E-state index is -0.961. The molecule has 0 aromatic carbocycles. The maximum absolute atomic E-state index is 11.4. The fourth-order valence-corrected chi connectivity index (χ4v) is 2.27. The van der Waals surface area contributed by atoms with Gasteiger partial charge in [-0.3, -0.25) is 9.59 Å². The molecule has 0 saturated carbocycles. The molecule has 0 aliphatic heterocycles. The average Bonchev–Trinajstić information content (AvgIpc) is 2.50. The molecular formula is C9H10BrNO3S. The van der Waals surface area contributed by atoms with Gasteiger partial charge >= 0.3 is 5.97 Å². The van der Waals surface area contributed by atoms with E-state index in [2.05, 4.69) is 21.2 Å². The van der Waals surface area contributed by atoms with Gasteiger partial charge in [0.05, 0.1) is 10.9 Å². The van der Waals surface area contributed by atoms with Crippen molar-refractivity contribution >= 4 is 44.1 Å². The van der Waals surface area contributed by atoms with Crippen molar-refractivity contribution in [3.63, 3.8) is 0 Å². The summed E-state index contributed by atoms with van der Waals surface area (Å²) in [5.41, 5.74) is 0. The molecule has 0 fully saturated rings. The molecule has 1 amide bonds. The number of carbonyl (C=O) groups excluding carboxylic acids is 1. The standard InChI is InChI=1S/C9H10BrNO3S/c1-5(9(13)14)2-7(12)11-8-3-6(10)4-15-8/h3-5H,2H2,1H3,(H,11,12)(H,13,14). The van der Waals surface area contributed by atoms with E-state index in [0.717, 1.165) is 4.47 Å². The first-order valence-electron chi connectivity index (χ1n) is 4.25. The number of rotatable bonds is 4. The van der Waals surface area contributed by atoms with E-state index in [1.54, 1.807) is 6.07 Å². The molecule has 1 atom stereocenters. The van der Waals surface area contributed by atoms with Gasteiger partial charge in [-0.15, -0.1) is 11.3 Å². The van der Waals surface area contributed by atoms with Crippen LogP contribution in [0.4, 0.5) is 5.00 Å². The van der Waals surface area contributed by atoms with Crippen molar-refractivity contribution in [2.75, 3.05) is 5.32 Å². The van der Waals surface area contributed by atoms with Crippen molar-refractivity contribution in [2.45, 2.75) is 13.3 Å². The fraction of sp³-hybridized carbons (Fsp3) is 0.333.